The predicted molar refractivity (Wildman–Crippen MR) is 140 cm³/mol. The second-order valence-corrected chi connectivity index (χ2v) is 10.6. The van der Waals surface area contributed by atoms with Crippen molar-refractivity contribution in [1.82, 2.24) is 25.1 Å². The molecule has 0 unspecified atom stereocenters. The molecular formula is C26H34N6OS. The molecule has 3 aromatic rings. The first-order valence-electron chi connectivity index (χ1n) is 12.4. The molecule has 0 bridgehead atoms. The molecule has 2 saturated heterocycles. The van der Waals surface area contributed by atoms with Crippen LogP contribution in [0.3, 0.4) is 0 Å². The summed E-state index contributed by atoms with van der Waals surface area (Å²) in [6, 6.07) is 13.5. The first-order valence-corrected chi connectivity index (χ1v) is 13.2. The number of carbonyl (C=O) groups is 1. The molecule has 2 amide bonds. The van der Waals surface area contributed by atoms with Gasteiger partial charge in [-0.25, -0.2) is 14.8 Å². The average molecular weight is 479 g/mol. The Morgan fingerprint density at radius 2 is 1.82 bits per heavy atom. The quantitative estimate of drug-likeness (QED) is 0.600. The molecule has 2 fully saturated rings. The lowest BCUT2D eigenvalue weighted by atomic mass is 10.0. The van der Waals surface area contributed by atoms with Crippen LogP contribution < -0.4 is 10.2 Å². The molecule has 0 aliphatic carbocycles. The fourth-order valence-electron chi connectivity index (χ4n) is 4.97. The van der Waals surface area contributed by atoms with Crippen molar-refractivity contribution in [3.63, 3.8) is 0 Å². The van der Waals surface area contributed by atoms with Crippen LogP contribution in [-0.2, 0) is 0 Å². The molecule has 34 heavy (non-hydrogen) atoms. The van der Waals surface area contributed by atoms with Crippen LogP contribution in [0.4, 0.5) is 10.6 Å². The SMILES string of the molecule is CC(C)N1CCC(NC(=O)N2CCCN(c3ncnc4cc(-c5ccccc5)sc34)CC2)CC1. The Morgan fingerprint density at radius 1 is 1.03 bits per heavy atom. The Bertz CT molecular complexity index is 1110. The van der Waals surface area contributed by atoms with Crippen LogP contribution in [0, 0.1) is 0 Å². The molecular weight excluding hydrogens is 444 g/mol. The third-order valence-corrected chi connectivity index (χ3v) is 8.19. The summed E-state index contributed by atoms with van der Waals surface area (Å²) in [4.78, 5) is 30.2. The van der Waals surface area contributed by atoms with Crippen LogP contribution in [0.1, 0.15) is 33.1 Å². The number of hydrogen-bond donors (Lipinski definition) is 1. The Kier molecular flexibility index (Phi) is 6.97. The Hall–Kier alpha value is -2.71. The van der Waals surface area contributed by atoms with Gasteiger partial charge in [0.05, 0.1) is 10.2 Å². The monoisotopic (exact) mass is 478 g/mol. The second-order valence-electron chi connectivity index (χ2n) is 9.57. The largest absolute Gasteiger partial charge is 0.353 e. The van der Waals surface area contributed by atoms with Crippen LogP contribution in [-0.4, -0.2) is 77.2 Å². The first kappa shape index (κ1) is 23.1. The van der Waals surface area contributed by atoms with E-state index in [2.05, 4.69) is 69.3 Å². The highest BCUT2D eigenvalue weighted by atomic mass is 32.1. The van der Waals surface area contributed by atoms with Gasteiger partial charge in [0, 0.05) is 56.2 Å². The lowest BCUT2D eigenvalue weighted by molar-refractivity contribution is 0.153. The number of urea groups is 1. The van der Waals surface area contributed by atoms with Gasteiger partial charge in [0.2, 0.25) is 0 Å². The number of rotatable bonds is 4. The Morgan fingerprint density at radius 3 is 2.59 bits per heavy atom. The molecule has 7 nitrogen and oxygen atoms in total. The van der Waals surface area contributed by atoms with Crippen molar-refractivity contribution in [2.45, 2.75) is 45.2 Å². The van der Waals surface area contributed by atoms with Gasteiger partial charge in [-0.05, 0) is 44.7 Å². The number of aromatic nitrogens is 2. The van der Waals surface area contributed by atoms with E-state index in [4.69, 9.17) is 0 Å². The highest BCUT2D eigenvalue weighted by molar-refractivity contribution is 7.22. The van der Waals surface area contributed by atoms with Crippen LogP contribution in [0.5, 0.6) is 0 Å². The van der Waals surface area contributed by atoms with Gasteiger partial charge in [-0.3, -0.25) is 0 Å². The molecule has 180 valence electrons. The van der Waals surface area contributed by atoms with Gasteiger partial charge in [0.15, 0.2) is 0 Å². The number of carbonyl (C=O) groups excluding carboxylic acids is 1. The van der Waals surface area contributed by atoms with E-state index < -0.39 is 0 Å². The van der Waals surface area contributed by atoms with Crippen molar-refractivity contribution in [1.29, 1.82) is 0 Å². The summed E-state index contributed by atoms with van der Waals surface area (Å²) < 4.78 is 1.12. The molecule has 8 heteroatoms. The lowest BCUT2D eigenvalue weighted by Crippen LogP contribution is -2.50. The fraction of sp³-hybridized carbons (Fsp3) is 0.500. The number of fused-ring (bicyclic) bond motifs is 1. The van der Waals surface area contributed by atoms with Gasteiger partial charge >= 0.3 is 6.03 Å². The number of nitrogens with zero attached hydrogens (tertiary/aromatic N) is 5. The molecule has 4 heterocycles. The zero-order valence-corrected chi connectivity index (χ0v) is 20.9. The zero-order valence-electron chi connectivity index (χ0n) is 20.1. The van der Waals surface area contributed by atoms with Gasteiger partial charge in [0.25, 0.3) is 0 Å². The molecule has 2 aliphatic rings. The smallest absolute Gasteiger partial charge is 0.317 e. The maximum absolute atomic E-state index is 13.0. The summed E-state index contributed by atoms with van der Waals surface area (Å²) in [6.07, 6.45) is 4.66. The summed E-state index contributed by atoms with van der Waals surface area (Å²) in [5.41, 5.74) is 2.19. The number of amides is 2. The van der Waals surface area contributed by atoms with E-state index in [1.165, 1.54) is 10.4 Å². The number of nitrogens with one attached hydrogen (secondary N) is 1. The maximum Gasteiger partial charge on any atom is 0.317 e. The summed E-state index contributed by atoms with van der Waals surface area (Å²) in [5.74, 6) is 0.987. The van der Waals surface area contributed by atoms with E-state index >= 15 is 0 Å². The highest BCUT2D eigenvalue weighted by Gasteiger charge is 2.26. The van der Waals surface area contributed by atoms with E-state index in [0.717, 1.165) is 68.0 Å². The summed E-state index contributed by atoms with van der Waals surface area (Å²) >= 11 is 1.75. The van der Waals surface area contributed by atoms with Crippen LogP contribution in [0.25, 0.3) is 20.7 Å². The van der Waals surface area contributed by atoms with Gasteiger partial charge < -0.3 is 20.0 Å². The standard InChI is InChI=1S/C26H34N6OS/c1-19(2)30-13-9-21(10-14-30)29-26(33)32-12-6-11-31(15-16-32)25-24-22(27-18-28-25)17-23(34-24)20-7-4-3-5-8-20/h3-5,7-8,17-19,21H,6,9-16H2,1-2H3,(H,29,33). The number of piperidine rings is 1. The zero-order chi connectivity index (χ0) is 23.5. The minimum atomic E-state index is 0.0835. The average Bonchev–Trinajstić information content (AvgIpc) is 3.15. The Balaban J connectivity index is 1.23. The molecule has 0 spiro atoms. The van der Waals surface area contributed by atoms with E-state index in [1.54, 1.807) is 17.7 Å². The second kappa shape index (κ2) is 10.3. The minimum Gasteiger partial charge on any atom is -0.353 e. The Labute approximate surface area is 205 Å². The van der Waals surface area contributed by atoms with E-state index in [-0.39, 0.29) is 12.1 Å². The van der Waals surface area contributed by atoms with E-state index in [9.17, 15) is 4.79 Å². The van der Waals surface area contributed by atoms with E-state index in [0.29, 0.717) is 12.6 Å². The molecule has 0 radical (unpaired) electrons. The topological polar surface area (TPSA) is 64.6 Å². The number of benzene rings is 1. The molecule has 1 aromatic carbocycles. The van der Waals surface area contributed by atoms with Crippen molar-refractivity contribution < 1.29 is 4.79 Å². The summed E-state index contributed by atoms with van der Waals surface area (Å²) in [5, 5.41) is 3.30. The molecule has 0 saturated carbocycles. The molecule has 5 rings (SSSR count). The van der Waals surface area contributed by atoms with E-state index in [1.807, 2.05) is 11.0 Å². The van der Waals surface area contributed by atoms with Crippen LogP contribution in [0.2, 0.25) is 0 Å². The normalized spacial score (nSPS) is 18.4. The predicted octanol–water partition coefficient (Wildman–Crippen LogP) is 4.45. The fourth-order valence-corrected chi connectivity index (χ4v) is 6.10. The molecule has 0 atom stereocenters. The van der Waals surface area contributed by atoms with Crippen molar-refractivity contribution >= 4 is 33.4 Å². The molecule has 2 aromatic heterocycles. The number of hydrogen-bond acceptors (Lipinski definition) is 6. The number of anilines is 1. The third kappa shape index (κ3) is 5.03. The van der Waals surface area contributed by atoms with Gasteiger partial charge in [-0.15, -0.1) is 11.3 Å². The molecule has 1 N–H and O–H groups in total. The number of likely N-dealkylation sites (tertiary alicyclic amines) is 1. The van der Waals surface area contributed by atoms with Crippen LogP contribution >= 0.6 is 11.3 Å². The lowest BCUT2D eigenvalue weighted by Gasteiger charge is -2.35. The summed E-state index contributed by atoms with van der Waals surface area (Å²) in [6.45, 7) is 9.76. The summed E-state index contributed by atoms with van der Waals surface area (Å²) in [7, 11) is 0. The maximum atomic E-state index is 13.0. The van der Waals surface area contributed by atoms with Crippen molar-refractivity contribution in [2.24, 2.45) is 0 Å². The van der Waals surface area contributed by atoms with Crippen molar-refractivity contribution in [3.8, 4) is 10.4 Å². The van der Waals surface area contributed by atoms with Crippen molar-refractivity contribution in [2.75, 3.05) is 44.2 Å². The minimum absolute atomic E-state index is 0.0835. The van der Waals surface area contributed by atoms with Crippen LogP contribution in [0.15, 0.2) is 42.7 Å². The van der Waals surface area contributed by atoms with Gasteiger partial charge in [-0.2, -0.15) is 0 Å². The van der Waals surface area contributed by atoms with Crippen molar-refractivity contribution in [3.05, 3.63) is 42.7 Å². The highest BCUT2D eigenvalue weighted by Crippen LogP contribution is 2.37. The third-order valence-electron chi connectivity index (χ3n) is 7.02. The number of thiophene rings is 1. The first-order chi connectivity index (χ1) is 16.6. The van der Waals surface area contributed by atoms with Gasteiger partial charge in [-0.1, -0.05) is 30.3 Å². The van der Waals surface area contributed by atoms with Gasteiger partial charge in [0.1, 0.15) is 12.1 Å². The molecule has 2 aliphatic heterocycles.